The molecule has 0 aliphatic heterocycles. The molecule has 1 N–H and O–H groups in total. The van der Waals surface area contributed by atoms with Crippen molar-refractivity contribution in [1.82, 2.24) is 4.90 Å². The van der Waals surface area contributed by atoms with E-state index < -0.39 is 24.4 Å². The fourth-order valence-corrected chi connectivity index (χ4v) is 3.29. The fraction of sp³-hybridized carbons (Fsp3) is 0.190. The first-order valence-electron chi connectivity index (χ1n) is 8.90. The normalized spacial score (nSPS) is 10.7. The number of esters is 1. The van der Waals surface area contributed by atoms with Crippen LogP contribution in [0.1, 0.15) is 16.1 Å². The van der Waals surface area contributed by atoms with Crippen LogP contribution in [0.5, 0.6) is 0 Å². The standard InChI is InChI=1S/C21H18BrClN2O5/c1-12-14-9-13(22)7-8-17(14)30-20(12)21(28)29-11-19(27)25(2)10-18(26)24-16-6-4-3-5-15(16)23/h3-9H,10-11H2,1-2H3,(H,24,26). The van der Waals surface area contributed by atoms with E-state index in [2.05, 4.69) is 21.2 Å². The summed E-state index contributed by atoms with van der Waals surface area (Å²) in [6, 6.07) is 12.1. The third kappa shape index (κ3) is 5.01. The van der Waals surface area contributed by atoms with Crippen molar-refractivity contribution in [2.45, 2.75) is 6.92 Å². The van der Waals surface area contributed by atoms with Crippen molar-refractivity contribution in [3.8, 4) is 0 Å². The lowest BCUT2D eigenvalue weighted by molar-refractivity contribution is -0.136. The van der Waals surface area contributed by atoms with Gasteiger partial charge in [-0.25, -0.2) is 4.79 Å². The van der Waals surface area contributed by atoms with Crippen molar-refractivity contribution in [2.75, 3.05) is 25.5 Å². The Labute approximate surface area is 186 Å². The molecule has 0 spiro atoms. The van der Waals surface area contributed by atoms with Gasteiger partial charge >= 0.3 is 5.97 Å². The van der Waals surface area contributed by atoms with Gasteiger partial charge in [0.05, 0.1) is 17.3 Å². The average Bonchev–Trinajstić information content (AvgIpc) is 3.03. The number of hydrogen-bond donors (Lipinski definition) is 1. The van der Waals surface area contributed by atoms with E-state index in [-0.39, 0.29) is 12.3 Å². The van der Waals surface area contributed by atoms with Gasteiger partial charge in [-0.2, -0.15) is 0 Å². The number of hydrogen-bond acceptors (Lipinski definition) is 5. The first-order chi connectivity index (χ1) is 14.3. The molecule has 0 saturated carbocycles. The predicted octanol–water partition coefficient (Wildman–Crippen LogP) is 4.41. The SMILES string of the molecule is Cc1c(C(=O)OCC(=O)N(C)CC(=O)Nc2ccccc2Cl)oc2ccc(Br)cc12. The molecule has 3 aromatic rings. The zero-order valence-electron chi connectivity index (χ0n) is 16.2. The first-order valence-corrected chi connectivity index (χ1v) is 10.1. The van der Waals surface area contributed by atoms with E-state index in [0.29, 0.717) is 21.9 Å². The lowest BCUT2D eigenvalue weighted by Crippen LogP contribution is -2.37. The van der Waals surface area contributed by atoms with Gasteiger partial charge in [-0.1, -0.05) is 39.7 Å². The molecule has 156 valence electrons. The van der Waals surface area contributed by atoms with Gasteiger partial charge in [-0.3, -0.25) is 9.59 Å². The average molecular weight is 494 g/mol. The van der Waals surface area contributed by atoms with Gasteiger partial charge in [0.2, 0.25) is 11.7 Å². The number of fused-ring (bicyclic) bond motifs is 1. The van der Waals surface area contributed by atoms with Gasteiger partial charge in [0, 0.05) is 22.5 Å². The highest BCUT2D eigenvalue weighted by Gasteiger charge is 2.21. The Balaban J connectivity index is 1.56. The molecule has 0 aliphatic rings. The van der Waals surface area contributed by atoms with Crippen molar-refractivity contribution in [1.29, 1.82) is 0 Å². The summed E-state index contributed by atoms with van der Waals surface area (Å²) in [5.74, 6) is -1.67. The van der Waals surface area contributed by atoms with Gasteiger partial charge < -0.3 is 19.4 Å². The van der Waals surface area contributed by atoms with E-state index in [4.69, 9.17) is 20.8 Å². The van der Waals surface area contributed by atoms with Crippen LogP contribution in [0, 0.1) is 6.92 Å². The zero-order chi connectivity index (χ0) is 21.8. The summed E-state index contributed by atoms with van der Waals surface area (Å²) in [5, 5.41) is 3.79. The summed E-state index contributed by atoms with van der Waals surface area (Å²) < 4.78 is 11.5. The maximum Gasteiger partial charge on any atom is 0.375 e. The summed E-state index contributed by atoms with van der Waals surface area (Å²) in [6.45, 7) is 0.996. The second-order valence-corrected chi connectivity index (χ2v) is 7.87. The quantitative estimate of drug-likeness (QED) is 0.514. The van der Waals surface area contributed by atoms with Crippen LogP contribution in [-0.2, 0) is 14.3 Å². The summed E-state index contributed by atoms with van der Waals surface area (Å²) in [6.07, 6.45) is 0. The number of anilines is 1. The minimum Gasteiger partial charge on any atom is -0.450 e. The van der Waals surface area contributed by atoms with E-state index in [1.54, 1.807) is 43.3 Å². The predicted molar refractivity (Wildman–Crippen MR) is 117 cm³/mol. The van der Waals surface area contributed by atoms with Gasteiger partial charge in [-0.15, -0.1) is 0 Å². The molecule has 0 saturated heterocycles. The number of amides is 2. The van der Waals surface area contributed by atoms with Crippen LogP contribution in [0.15, 0.2) is 51.4 Å². The Kier molecular flexibility index (Phi) is 6.79. The molecule has 3 rings (SSSR count). The lowest BCUT2D eigenvalue weighted by atomic mass is 10.1. The molecule has 9 heteroatoms. The summed E-state index contributed by atoms with van der Waals surface area (Å²) in [7, 11) is 1.44. The number of rotatable bonds is 6. The molecule has 2 aromatic carbocycles. The summed E-state index contributed by atoms with van der Waals surface area (Å²) in [4.78, 5) is 37.9. The molecule has 1 heterocycles. The van der Waals surface area contributed by atoms with Crippen molar-refractivity contribution in [2.24, 2.45) is 0 Å². The number of carbonyl (C=O) groups is 3. The maximum absolute atomic E-state index is 12.4. The Morgan fingerprint density at radius 3 is 2.67 bits per heavy atom. The van der Waals surface area contributed by atoms with Gasteiger partial charge in [0.15, 0.2) is 6.61 Å². The van der Waals surface area contributed by atoms with Crippen molar-refractivity contribution < 1.29 is 23.5 Å². The second-order valence-electron chi connectivity index (χ2n) is 6.55. The maximum atomic E-state index is 12.4. The van der Waals surface area contributed by atoms with E-state index >= 15 is 0 Å². The van der Waals surface area contributed by atoms with Crippen LogP contribution in [0.2, 0.25) is 5.02 Å². The molecule has 0 unspecified atom stereocenters. The largest absolute Gasteiger partial charge is 0.450 e. The second kappa shape index (κ2) is 9.32. The molecular weight excluding hydrogens is 476 g/mol. The zero-order valence-corrected chi connectivity index (χ0v) is 18.5. The lowest BCUT2D eigenvalue weighted by Gasteiger charge is -2.17. The van der Waals surface area contributed by atoms with E-state index in [1.807, 2.05) is 6.07 Å². The minimum absolute atomic E-state index is 0.0371. The molecule has 0 bridgehead atoms. The number of para-hydroxylation sites is 1. The highest BCUT2D eigenvalue weighted by atomic mass is 79.9. The third-order valence-electron chi connectivity index (χ3n) is 4.36. The van der Waals surface area contributed by atoms with Crippen LogP contribution < -0.4 is 5.32 Å². The van der Waals surface area contributed by atoms with Crippen LogP contribution >= 0.6 is 27.5 Å². The van der Waals surface area contributed by atoms with Crippen molar-refractivity contribution >= 4 is 62.0 Å². The molecule has 0 aliphatic carbocycles. The Morgan fingerprint density at radius 2 is 1.93 bits per heavy atom. The molecule has 7 nitrogen and oxygen atoms in total. The highest BCUT2D eigenvalue weighted by molar-refractivity contribution is 9.10. The van der Waals surface area contributed by atoms with Crippen LogP contribution in [-0.4, -0.2) is 42.9 Å². The monoisotopic (exact) mass is 492 g/mol. The van der Waals surface area contributed by atoms with Crippen LogP contribution in [0.4, 0.5) is 5.69 Å². The smallest absolute Gasteiger partial charge is 0.375 e. The van der Waals surface area contributed by atoms with Gasteiger partial charge in [0.1, 0.15) is 5.58 Å². The number of halogens is 2. The first kappa shape index (κ1) is 21.9. The number of nitrogens with zero attached hydrogens (tertiary/aromatic N) is 1. The molecule has 0 radical (unpaired) electrons. The number of likely N-dealkylation sites (N-methyl/N-ethyl adjacent to an activating group) is 1. The molecule has 2 amide bonds. The number of benzene rings is 2. The number of aryl methyl sites for hydroxylation is 1. The number of carbonyl (C=O) groups excluding carboxylic acids is 3. The molecule has 0 atom stereocenters. The Morgan fingerprint density at radius 1 is 1.20 bits per heavy atom. The molecule has 0 fully saturated rings. The van der Waals surface area contributed by atoms with E-state index in [0.717, 1.165) is 14.8 Å². The Hall–Kier alpha value is -2.84. The van der Waals surface area contributed by atoms with Crippen LogP contribution in [0.3, 0.4) is 0 Å². The number of ether oxygens (including phenoxy) is 1. The van der Waals surface area contributed by atoms with Gasteiger partial charge in [0.25, 0.3) is 5.91 Å². The molecular formula is C21H18BrClN2O5. The van der Waals surface area contributed by atoms with E-state index in [1.165, 1.54) is 7.05 Å². The van der Waals surface area contributed by atoms with E-state index in [9.17, 15) is 14.4 Å². The summed E-state index contributed by atoms with van der Waals surface area (Å²) in [5.41, 5.74) is 1.61. The highest BCUT2D eigenvalue weighted by Crippen LogP contribution is 2.28. The van der Waals surface area contributed by atoms with Crippen molar-refractivity contribution in [3.05, 3.63) is 63.3 Å². The minimum atomic E-state index is -0.748. The molecule has 30 heavy (non-hydrogen) atoms. The Bertz CT molecular complexity index is 1130. The number of furan rings is 1. The topological polar surface area (TPSA) is 88.9 Å². The van der Waals surface area contributed by atoms with Gasteiger partial charge in [-0.05, 0) is 37.3 Å². The molecule has 1 aromatic heterocycles. The van der Waals surface area contributed by atoms with Crippen LogP contribution in [0.25, 0.3) is 11.0 Å². The van der Waals surface area contributed by atoms with Crippen molar-refractivity contribution in [3.63, 3.8) is 0 Å². The fourth-order valence-electron chi connectivity index (χ4n) is 2.75. The number of nitrogens with one attached hydrogen (secondary N) is 1. The third-order valence-corrected chi connectivity index (χ3v) is 5.19. The summed E-state index contributed by atoms with van der Waals surface area (Å²) >= 11 is 9.37.